The fraction of sp³-hybridized carbons (Fsp3) is 0.700. The van der Waals surface area contributed by atoms with Crippen LogP contribution in [-0.2, 0) is 11.3 Å². The lowest BCUT2D eigenvalue weighted by Crippen LogP contribution is -2.59. The van der Waals surface area contributed by atoms with Crippen molar-refractivity contribution in [2.45, 2.75) is 58.0 Å². The van der Waals surface area contributed by atoms with Crippen molar-refractivity contribution in [2.24, 2.45) is 0 Å². The molecule has 0 unspecified atom stereocenters. The summed E-state index contributed by atoms with van der Waals surface area (Å²) in [7, 11) is 0. The first-order valence-electron chi connectivity index (χ1n) is 9.29. The van der Waals surface area contributed by atoms with E-state index < -0.39 is 0 Å². The van der Waals surface area contributed by atoms with Gasteiger partial charge in [0, 0.05) is 31.8 Å². The Labute approximate surface area is 141 Å². The molecule has 1 aromatic rings. The summed E-state index contributed by atoms with van der Waals surface area (Å²) in [6.07, 6.45) is 6.47. The van der Waals surface area contributed by atoms with Gasteiger partial charge < -0.3 is 10.1 Å². The van der Waals surface area contributed by atoms with Gasteiger partial charge in [-0.2, -0.15) is 0 Å². The second kappa shape index (κ2) is 7.78. The first-order chi connectivity index (χ1) is 11.2. The van der Waals surface area contributed by atoms with Crippen LogP contribution in [0.2, 0.25) is 0 Å². The smallest absolute Gasteiger partial charge is 0.0484 e. The van der Waals surface area contributed by atoms with Gasteiger partial charge in [0.1, 0.15) is 0 Å². The number of hydrogen-bond acceptors (Lipinski definition) is 3. The minimum absolute atomic E-state index is 0.317. The summed E-state index contributed by atoms with van der Waals surface area (Å²) in [5.41, 5.74) is 4.44. The Morgan fingerprint density at radius 1 is 1.00 bits per heavy atom. The van der Waals surface area contributed by atoms with Crippen molar-refractivity contribution in [3.63, 3.8) is 0 Å². The SMILES string of the molecule is Cc1cc(C)cc(CNCC2(N3CCCCC3)CCOCC2)c1. The molecule has 0 saturated carbocycles. The van der Waals surface area contributed by atoms with E-state index in [0.29, 0.717) is 5.54 Å². The van der Waals surface area contributed by atoms with Crippen LogP contribution in [0.1, 0.15) is 48.8 Å². The Hall–Kier alpha value is -0.900. The first-order valence-corrected chi connectivity index (χ1v) is 9.29. The van der Waals surface area contributed by atoms with Crippen LogP contribution in [0.5, 0.6) is 0 Å². The molecule has 1 aromatic carbocycles. The van der Waals surface area contributed by atoms with Gasteiger partial charge in [-0.25, -0.2) is 0 Å². The first kappa shape index (κ1) is 16.9. The van der Waals surface area contributed by atoms with Crippen LogP contribution in [-0.4, -0.2) is 43.3 Å². The van der Waals surface area contributed by atoms with Crippen LogP contribution < -0.4 is 5.32 Å². The lowest BCUT2D eigenvalue weighted by atomic mass is 9.86. The molecule has 2 aliphatic heterocycles. The third-order valence-corrected chi connectivity index (χ3v) is 5.52. The van der Waals surface area contributed by atoms with Crippen LogP contribution in [0.25, 0.3) is 0 Å². The number of benzene rings is 1. The van der Waals surface area contributed by atoms with Gasteiger partial charge in [-0.1, -0.05) is 35.7 Å². The molecule has 2 fully saturated rings. The normalized spacial score (nSPS) is 22.2. The third-order valence-electron chi connectivity index (χ3n) is 5.52. The number of ether oxygens (including phenoxy) is 1. The quantitative estimate of drug-likeness (QED) is 0.901. The molecular weight excluding hydrogens is 284 g/mol. The van der Waals surface area contributed by atoms with Crippen LogP contribution in [0.15, 0.2) is 18.2 Å². The lowest BCUT2D eigenvalue weighted by Gasteiger charge is -2.48. The minimum atomic E-state index is 0.317. The maximum atomic E-state index is 5.66. The van der Waals surface area contributed by atoms with Crippen molar-refractivity contribution in [3.8, 4) is 0 Å². The predicted molar refractivity (Wildman–Crippen MR) is 95.8 cm³/mol. The maximum absolute atomic E-state index is 5.66. The highest BCUT2D eigenvalue weighted by Gasteiger charge is 2.38. The largest absolute Gasteiger partial charge is 0.381 e. The zero-order valence-electron chi connectivity index (χ0n) is 14.9. The topological polar surface area (TPSA) is 24.5 Å². The van der Waals surface area contributed by atoms with Crippen LogP contribution in [0.3, 0.4) is 0 Å². The van der Waals surface area contributed by atoms with Crippen molar-refractivity contribution in [2.75, 3.05) is 32.8 Å². The molecule has 23 heavy (non-hydrogen) atoms. The molecule has 1 N–H and O–H groups in total. The van der Waals surface area contributed by atoms with Gasteiger partial charge in [0.25, 0.3) is 0 Å². The summed E-state index contributed by atoms with van der Waals surface area (Å²) >= 11 is 0. The van der Waals surface area contributed by atoms with E-state index in [9.17, 15) is 0 Å². The van der Waals surface area contributed by atoms with E-state index in [1.54, 1.807) is 0 Å². The summed E-state index contributed by atoms with van der Waals surface area (Å²) in [6, 6.07) is 6.85. The maximum Gasteiger partial charge on any atom is 0.0484 e. The van der Waals surface area contributed by atoms with Gasteiger partial charge in [0.15, 0.2) is 0 Å². The summed E-state index contributed by atoms with van der Waals surface area (Å²) in [5, 5.41) is 3.77. The van der Waals surface area contributed by atoms with E-state index in [1.807, 2.05) is 0 Å². The van der Waals surface area contributed by atoms with Crippen molar-refractivity contribution in [1.82, 2.24) is 10.2 Å². The summed E-state index contributed by atoms with van der Waals surface area (Å²) in [5.74, 6) is 0. The highest BCUT2D eigenvalue weighted by atomic mass is 16.5. The number of nitrogens with zero attached hydrogens (tertiary/aromatic N) is 1. The Morgan fingerprint density at radius 2 is 1.65 bits per heavy atom. The summed E-state index contributed by atoms with van der Waals surface area (Å²) in [6.45, 7) is 10.8. The Balaban J connectivity index is 1.62. The molecule has 3 nitrogen and oxygen atoms in total. The Kier molecular flexibility index (Phi) is 5.73. The molecule has 128 valence electrons. The molecule has 0 amide bonds. The van der Waals surface area contributed by atoms with E-state index >= 15 is 0 Å². The van der Waals surface area contributed by atoms with Crippen molar-refractivity contribution in [1.29, 1.82) is 0 Å². The van der Waals surface area contributed by atoms with Crippen molar-refractivity contribution < 1.29 is 4.74 Å². The molecule has 2 saturated heterocycles. The summed E-state index contributed by atoms with van der Waals surface area (Å²) in [4.78, 5) is 2.76. The Morgan fingerprint density at radius 3 is 2.30 bits per heavy atom. The van der Waals surface area contributed by atoms with Gasteiger partial charge in [-0.05, 0) is 58.2 Å². The minimum Gasteiger partial charge on any atom is -0.381 e. The molecule has 0 bridgehead atoms. The number of hydrogen-bond donors (Lipinski definition) is 1. The molecule has 0 aromatic heterocycles. The van der Waals surface area contributed by atoms with Gasteiger partial charge in [-0.3, -0.25) is 4.90 Å². The van der Waals surface area contributed by atoms with Crippen molar-refractivity contribution >= 4 is 0 Å². The molecule has 3 heteroatoms. The zero-order valence-corrected chi connectivity index (χ0v) is 14.9. The van der Waals surface area contributed by atoms with Crippen LogP contribution in [0, 0.1) is 13.8 Å². The predicted octanol–water partition coefficient (Wildman–Crippen LogP) is 3.43. The van der Waals surface area contributed by atoms with E-state index in [4.69, 9.17) is 4.74 Å². The second-order valence-electron chi connectivity index (χ2n) is 7.48. The lowest BCUT2D eigenvalue weighted by molar-refractivity contribution is -0.0358. The molecule has 2 aliphatic rings. The zero-order chi connectivity index (χ0) is 16.1. The van der Waals surface area contributed by atoms with E-state index in [-0.39, 0.29) is 0 Å². The highest BCUT2D eigenvalue weighted by molar-refractivity contribution is 5.28. The monoisotopic (exact) mass is 316 g/mol. The van der Waals surface area contributed by atoms with Gasteiger partial charge in [0.2, 0.25) is 0 Å². The molecular formula is C20H32N2O. The fourth-order valence-corrected chi connectivity index (χ4v) is 4.33. The molecule has 2 heterocycles. The average molecular weight is 316 g/mol. The van der Waals surface area contributed by atoms with Gasteiger partial charge in [-0.15, -0.1) is 0 Å². The number of piperidine rings is 1. The molecule has 0 radical (unpaired) electrons. The number of nitrogens with one attached hydrogen (secondary N) is 1. The standard InChI is InChI=1S/C20H32N2O/c1-17-12-18(2)14-19(13-17)15-21-16-20(6-10-23-11-7-20)22-8-4-3-5-9-22/h12-14,21H,3-11,15-16H2,1-2H3. The van der Waals surface area contributed by atoms with Gasteiger partial charge in [0.05, 0.1) is 0 Å². The fourth-order valence-electron chi connectivity index (χ4n) is 4.33. The van der Waals surface area contributed by atoms with E-state index in [2.05, 4.69) is 42.3 Å². The molecule has 0 spiro atoms. The molecule has 0 aliphatic carbocycles. The van der Waals surface area contributed by atoms with Crippen LogP contribution >= 0.6 is 0 Å². The van der Waals surface area contributed by atoms with Crippen LogP contribution in [0.4, 0.5) is 0 Å². The van der Waals surface area contributed by atoms with E-state index in [0.717, 1.165) is 26.3 Å². The van der Waals surface area contributed by atoms with Crippen molar-refractivity contribution in [3.05, 3.63) is 34.9 Å². The average Bonchev–Trinajstić information content (AvgIpc) is 2.56. The number of rotatable bonds is 5. The van der Waals surface area contributed by atoms with E-state index in [1.165, 1.54) is 61.9 Å². The molecule has 0 atom stereocenters. The summed E-state index contributed by atoms with van der Waals surface area (Å²) < 4.78 is 5.66. The highest BCUT2D eigenvalue weighted by Crippen LogP contribution is 2.30. The second-order valence-corrected chi connectivity index (χ2v) is 7.48. The Bertz CT molecular complexity index is 482. The number of likely N-dealkylation sites (tertiary alicyclic amines) is 1. The third kappa shape index (κ3) is 4.34. The number of aryl methyl sites for hydroxylation is 2. The van der Waals surface area contributed by atoms with Gasteiger partial charge >= 0.3 is 0 Å². The molecule has 3 rings (SSSR count).